The van der Waals surface area contributed by atoms with E-state index in [1.165, 1.54) is 36.2 Å². The number of halogens is 3. The Kier molecular flexibility index (Phi) is 7.86. The highest BCUT2D eigenvalue weighted by Gasteiger charge is 2.44. The van der Waals surface area contributed by atoms with Gasteiger partial charge in [0, 0.05) is 16.7 Å². The second-order valence-electron chi connectivity index (χ2n) is 6.70. The smallest absolute Gasteiger partial charge is 0.136 e. The van der Waals surface area contributed by atoms with Gasteiger partial charge in [-0.3, -0.25) is 0 Å². The number of hydrogen-bond acceptors (Lipinski definition) is 7. The van der Waals surface area contributed by atoms with Gasteiger partial charge in [0.2, 0.25) is 0 Å². The Bertz CT molecular complexity index is 920. The molecule has 2 aromatic rings. The molecule has 30 heavy (non-hydrogen) atoms. The van der Waals surface area contributed by atoms with Crippen LogP contribution in [0.3, 0.4) is 0 Å². The van der Waals surface area contributed by atoms with Gasteiger partial charge in [-0.05, 0) is 30.3 Å². The second kappa shape index (κ2) is 10.2. The largest absolute Gasteiger partial charge is 0.397 e. The highest BCUT2D eigenvalue weighted by Crippen LogP contribution is 2.36. The minimum Gasteiger partial charge on any atom is -0.397 e. The summed E-state index contributed by atoms with van der Waals surface area (Å²) in [5.41, 5.74) is 5.83. The first-order valence-electron chi connectivity index (χ1n) is 9.02. The summed E-state index contributed by atoms with van der Waals surface area (Å²) >= 11 is 13.1. The van der Waals surface area contributed by atoms with Crippen LogP contribution in [0.25, 0.3) is 5.70 Å². The molecule has 0 radical (unpaired) electrons. The van der Waals surface area contributed by atoms with Crippen molar-refractivity contribution >= 4 is 40.7 Å². The van der Waals surface area contributed by atoms with Gasteiger partial charge < -0.3 is 31.1 Å². The van der Waals surface area contributed by atoms with E-state index in [2.05, 4.69) is 5.32 Å². The summed E-state index contributed by atoms with van der Waals surface area (Å²) in [6, 6.07) is 9.80. The van der Waals surface area contributed by atoms with Gasteiger partial charge >= 0.3 is 0 Å². The Hall–Kier alpha value is -1.52. The van der Waals surface area contributed by atoms with Gasteiger partial charge in [0.15, 0.2) is 0 Å². The number of aliphatic hydroxyl groups excluding tert-OH is 3. The van der Waals surface area contributed by atoms with Crippen LogP contribution in [0.5, 0.6) is 0 Å². The minimum absolute atomic E-state index is 0.217. The molecule has 2 aromatic carbocycles. The van der Waals surface area contributed by atoms with Crippen LogP contribution >= 0.6 is 35.0 Å². The molecule has 0 bridgehead atoms. The third-order valence-electron chi connectivity index (χ3n) is 4.62. The van der Waals surface area contributed by atoms with Crippen LogP contribution in [0.2, 0.25) is 10.0 Å². The molecular weight excluding hydrogens is 454 g/mol. The van der Waals surface area contributed by atoms with E-state index >= 15 is 0 Å². The fourth-order valence-corrected chi connectivity index (χ4v) is 4.47. The molecule has 10 heteroatoms. The molecule has 1 heterocycles. The fraction of sp³-hybridized carbons (Fsp3) is 0.300. The van der Waals surface area contributed by atoms with Gasteiger partial charge in [-0.1, -0.05) is 47.1 Å². The molecule has 1 aliphatic heterocycles. The van der Waals surface area contributed by atoms with E-state index in [9.17, 15) is 19.7 Å². The summed E-state index contributed by atoms with van der Waals surface area (Å²) in [4.78, 5) is 0.690. The first kappa shape index (κ1) is 23.1. The molecule has 1 fully saturated rings. The van der Waals surface area contributed by atoms with E-state index in [0.717, 1.165) is 0 Å². The SMILES string of the molecule is N/C(=C\NC1C(O)C(CO)OC(Sc2ccc(Cl)c(Cl)c2)C1O)c1cccc(F)c1. The molecule has 1 saturated heterocycles. The van der Waals surface area contributed by atoms with Crippen LogP contribution in [0, 0.1) is 5.82 Å². The van der Waals surface area contributed by atoms with Crippen LogP contribution < -0.4 is 11.1 Å². The molecule has 1 aliphatic rings. The van der Waals surface area contributed by atoms with Crippen LogP contribution in [-0.2, 0) is 4.74 Å². The van der Waals surface area contributed by atoms with Crippen molar-refractivity contribution in [3.63, 3.8) is 0 Å². The first-order chi connectivity index (χ1) is 14.3. The van der Waals surface area contributed by atoms with Crippen LogP contribution in [-0.4, -0.2) is 51.7 Å². The Morgan fingerprint density at radius 3 is 2.60 bits per heavy atom. The van der Waals surface area contributed by atoms with E-state index in [0.29, 0.717) is 20.5 Å². The Morgan fingerprint density at radius 1 is 1.17 bits per heavy atom. The zero-order chi connectivity index (χ0) is 21.8. The average Bonchev–Trinajstić information content (AvgIpc) is 2.72. The Morgan fingerprint density at radius 2 is 1.93 bits per heavy atom. The van der Waals surface area contributed by atoms with Gasteiger partial charge in [0.05, 0.1) is 28.4 Å². The molecule has 3 rings (SSSR count). The molecule has 6 nitrogen and oxygen atoms in total. The molecule has 0 spiro atoms. The third kappa shape index (κ3) is 5.39. The van der Waals surface area contributed by atoms with Crippen LogP contribution in [0.4, 0.5) is 4.39 Å². The summed E-state index contributed by atoms with van der Waals surface area (Å²) in [5.74, 6) is -0.437. The highest BCUT2D eigenvalue weighted by atomic mass is 35.5. The van der Waals surface area contributed by atoms with E-state index in [1.54, 1.807) is 24.3 Å². The van der Waals surface area contributed by atoms with Crippen molar-refractivity contribution < 1.29 is 24.4 Å². The second-order valence-corrected chi connectivity index (χ2v) is 8.69. The molecular formula is C20H21Cl2FN2O4S. The number of thioether (sulfide) groups is 1. The molecule has 6 N–H and O–H groups in total. The predicted octanol–water partition coefficient (Wildman–Crippen LogP) is 2.58. The summed E-state index contributed by atoms with van der Waals surface area (Å²) in [6.45, 7) is -0.451. The maximum absolute atomic E-state index is 13.4. The van der Waals surface area contributed by atoms with Gasteiger partial charge in [-0.2, -0.15) is 0 Å². The van der Waals surface area contributed by atoms with Gasteiger partial charge in [0.1, 0.15) is 29.6 Å². The monoisotopic (exact) mass is 474 g/mol. The van der Waals surface area contributed by atoms with Gasteiger partial charge in [-0.25, -0.2) is 4.39 Å². The standard InChI is InChI=1S/C20H21Cl2FN2O4S/c21-13-5-4-12(7-14(13)22)30-20-19(28)17(18(27)16(9-26)29-20)25-8-15(24)10-2-1-3-11(23)6-10/h1-8,16-20,25-28H,9,24H2/b15-8-. The molecule has 0 aliphatic carbocycles. The number of ether oxygens (including phenoxy) is 1. The number of rotatable bonds is 6. The maximum atomic E-state index is 13.4. The zero-order valence-electron chi connectivity index (χ0n) is 15.6. The number of nitrogens with two attached hydrogens (primary N) is 1. The Balaban J connectivity index is 1.78. The van der Waals surface area contributed by atoms with Crippen molar-refractivity contribution in [2.45, 2.75) is 34.7 Å². The van der Waals surface area contributed by atoms with E-state index in [4.69, 9.17) is 33.7 Å². The molecule has 0 amide bonds. The van der Waals surface area contributed by atoms with Gasteiger partial charge in [-0.15, -0.1) is 0 Å². The van der Waals surface area contributed by atoms with Crippen molar-refractivity contribution in [2.75, 3.05) is 6.61 Å². The Labute approximate surface area is 187 Å². The summed E-state index contributed by atoms with van der Waals surface area (Å²) < 4.78 is 19.1. The first-order valence-corrected chi connectivity index (χ1v) is 10.7. The lowest BCUT2D eigenvalue weighted by Crippen LogP contribution is -2.62. The molecule has 0 saturated carbocycles. The van der Waals surface area contributed by atoms with E-state index in [1.807, 2.05) is 0 Å². The van der Waals surface area contributed by atoms with Crippen molar-refractivity contribution in [3.8, 4) is 0 Å². The van der Waals surface area contributed by atoms with Crippen LogP contribution in [0.1, 0.15) is 5.56 Å². The summed E-state index contributed by atoms with van der Waals surface area (Å²) in [6.07, 6.45) is -1.94. The molecule has 162 valence electrons. The number of benzene rings is 2. The van der Waals surface area contributed by atoms with Crippen molar-refractivity contribution in [1.29, 1.82) is 0 Å². The quantitative estimate of drug-likeness (QED) is 0.437. The zero-order valence-corrected chi connectivity index (χ0v) is 17.9. The molecule has 5 atom stereocenters. The lowest BCUT2D eigenvalue weighted by molar-refractivity contribution is -0.164. The molecule has 5 unspecified atom stereocenters. The van der Waals surface area contributed by atoms with Gasteiger partial charge in [0.25, 0.3) is 0 Å². The average molecular weight is 475 g/mol. The summed E-state index contributed by atoms with van der Waals surface area (Å²) in [5, 5.41) is 34.5. The van der Waals surface area contributed by atoms with Crippen molar-refractivity contribution in [3.05, 3.63) is 70.1 Å². The predicted molar refractivity (Wildman–Crippen MR) is 116 cm³/mol. The van der Waals surface area contributed by atoms with E-state index in [-0.39, 0.29) is 5.70 Å². The lowest BCUT2D eigenvalue weighted by Gasteiger charge is -2.42. The number of nitrogens with one attached hydrogen (secondary N) is 1. The number of hydrogen-bond donors (Lipinski definition) is 5. The van der Waals surface area contributed by atoms with Crippen LogP contribution in [0.15, 0.2) is 53.6 Å². The summed E-state index contributed by atoms with van der Waals surface area (Å²) in [7, 11) is 0. The number of aliphatic hydroxyl groups is 3. The topological polar surface area (TPSA) is 108 Å². The fourth-order valence-electron chi connectivity index (χ4n) is 3.00. The molecule has 0 aromatic heterocycles. The normalized spacial score (nSPS) is 27.1. The highest BCUT2D eigenvalue weighted by molar-refractivity contribution is 7.99. The third-order valence-corrected chi connectivity index (χ3v) is 6.50. The maximum Gasteiger partial charge on any atom is 0.136 e. The minimum atomic E-state index is -1.22. The van der Waals surface area contributed by atoms with Crippen molar-refractivity contribution in [2.24, 2.45) is 5.73 Å². The van der Waals surface area contributed by atoms with Crippen molar-refractivity contribution in [1.82, 2.24) is 5.32 Å². The van der Waals surface area contributed by atoms with E-state index < -0.39 is 42.2 Å². The lowest BCUT2D eigenvalue weighted by atomic mass is 9.97.